The Morgan fingerprint density at radius 1 is 1.50 bits per heavy atom. The van der Waals surface area contributed by atoms with Crippen molar-refractivity contribution in [3.05, 3.63) is 11.8 Å². The van der Waals surface area contributed by atoms with E-state index in [2.05, 4.69) is 22.2 Å². The lowest BCUT2D eigenvalue weighted by atomic mass is 10.2. The first-order valence-corrected chi connectivity index (χ1v) is 7.06. The minimum Gasteiger partial charge on any atom is -0.362 e. The highest BCUT2D eigenvalue weighted by atomic mass is 16.2. The first kappa shape index (κ1) is 14.6. The minimum absolute atomic E-state index is 0.103. The smallest absolute Gasteiger partial charge is 0.224 e. The van der Waals surface area contributed by atoms with E-state index in [9.17, 15) is 4.79 Å². The fourth-order valence-electron chi connectivity index (χ4n) is 2.49. The van der Waals surface area contributed by atoms with Crippen molar-refractivity contribution in [2.45, 2.75) is 32.7 Å². The fourth-order valence-corrected chi connectivity index (χ4v) is 2.49. The Balaban J connectivity index is 2.04. The van der Waals surface area contributed by atoms with Gasteiger partial charge in [-0.3, -0.25) is 4.79 Å². The van der Waals surface area contributed by atoms with Crippen LogP contribution >= 0.6 is 0 Å². The Bertz CT molecular complexity index is 488. The Hall–Kier alpha value is -1.85. The molecule has 2 rings (SSSR count). The maximum atomic E-state index is 11.8. The summed E-state index contributed by atoms with van der Waals surface area (Å²) in [6.07, 6.45) is 3.32. The predicted octanol–water partition coefficient (Wildman–Crippen LogP) is 1.27. The molecule has 2 heterocycles. The summed E-state index contributed by atoms with van der Waals surface area (Å²) in [6.45, 7) is 5.64. The molecule has 1 atom stereocenters. The van der Waals surface area contributed by atoms with Crippen LogP contribution in [-0.4, -0.2) is 54.0 Å². The molecule has 6 nitrogen and oxygen atoms in total. The predicted molar refractivity (Wildman–Crippen MR) is 80.0 cm³/mol. The second kappa shape index (κ2) is 6.07. The number of carbonyl (C=O) groups is 1. The van der Waals surface area contributed by atoms with Gasteiger partial charge in [0.1, 0.15) is 5.82 Å². The lowest BCUT2D eigenvalue weighted by Gasteiger charge is -2.18. The van der Waals surface area contributed by atoms with Gasteiger partial charge in [-0.2, -0.15) is 4.98 Å². The highest BCUT2D eigenvalue weighted by molar-refractivity contribution is 5.79. The molecular formula is C14H23N5O. The largest absolute Gasteiger partial charge is 0.362 e. The number of anilines is 2. The summed E-state index contributed by atoms with van der Waals surface area (Å²) in [5.74, 6) is 1.71. The first-order chi connectivity index (χ1) is 9.51. The van der Waals surface area contributed by atoms with Crippen molar-refractivity contribution in [1.82, 2.24) is 14.9 Å². The van der Waals surface area contributed by atoms with Gasteiger partial charge in [-0.1, -0.05) is 6.92 Å². The summed E-state index contributed by atoms with van der Waals surface area (Å²) in [5.41, 5.74) is 1.04. The standard InChI is InChI=1S/C14H23N5O/c1-5-6-19-9-11(7-12(19)20)16-14-15-8-10(2)13(17-14)18(3)4/h8,11H,5-7,9H2,1-4H3,(H,15,16,17)/t11-/m1/s1. The van der Waals surface area contributed by atoms with Crippen molar-refractivity contribution in [3.8, 4) is 0 Å². The summed E-state index contributed by atoms with van der Waals surface area (Å²) in [4.78, 5) is 24.5. The molecule has 0 saturated carbocycles. The number of carbonyl (C=O) groups excluding carboxylic acids is 1. The maximum absolute atomic E-state index is 11.8. The Labute approximate surface area is 120 Å². The minimum atomic E-state index is 0.103. The Kier molecular flexibility index (Phi) is 4.42. The number of nitrogens with one attached hydrogen (secondary N) is 1. The van der Waals surface area contributed by atoms with E-state index >= 15 is 0 Å². The molecule has 1 fully saturated rings. The van der Waals surface area contributed by atoms with Gasteiger partial charge in [-0.25, -0.2) is 4.98 Å². The molecule has 1 aliphatic heterocycles. The van der Waals surface area contributed by atoms with Crippen LogP contribution in [0.25, 0.3) is 0 Å². The number of aromatic nitrogens is 2. The molecule has 1 aliphatic rings. The van der Waals surface area contributed by atoms with Gasteiger partial charge in [0.2, 0.25) is 11.9 Å². The number of likely N-dealkylation sites (tertiary alicyclic amines) is 1. The highest BCUT2D eigenvalue weighted by Crippen LogP contribution is 2.18. The zero-order valence-corrected chi connectivity index (χ0v) is 12.7. The van der Waals surface area contributed by atoms with Crippen LogP contribution in [0.4, 0.5) is 11.8 Å². The lowest BCUT2D eigenvalue weighted by molar-refractivity contribution is -0.127. The average molecular weight is 277 g/mol. The first-order valence-electron chi connectivity index (χ1n) is 7.06. The van der Waals surface area contributed by atoms with E-state index in [1.807, 2.05) is 37.0 Å². The number of nitrogens with zero attached hydrogens (tertiary/aromatic N) is 4. The monoisotopic (exact) mass is 277 g/mol. The third-order valence-corrected chi connectivity index (χ3v) is 3.41. The number of aryl methyl sites for hydroxylation is 1. The summed E-state index contributed by atoms with van der Waals surface area (Å²) >= 11 is 0. The highest BCUT2D eigenvalue weighted by Gasteiger charge is 2.29. The fraction of sp³-hybridized carbons (Fsp3) is 0.643. The van der Waals surface area contributed by atoms with Crippen LogP contribution in [0.5, 0.6) is 0 Å². The summed E-state index contributed by atoms with van der Waals surface area (Å²) in [7, 11) is 3.92. The molecular weight excluding hydrogens is 254 g/mol. The summed E-state index contributed by atoms with van der Waals surface area (Å²) in [6, 6.07) is 0.103. The topological polar surface area (TPSA) is 61.4 Å². The Morgan fingerprint density at radius 2 is 2.25 bits per heavy atom. The van der Waals surface area contributed by atoms with Crippen LogP contribution in [0.1, 0.15) is 25.3 Å². The normalized spacial score (nSPS) is 18.5. The van der Waals surface area contributed by atoms with E-state index in [0.717, 1.165) is 30.9 Å². The van der Waals surface area contributed by atoms with Crippen LogP contribution in [-0.2, 0) is 4.79 Å². The molecule has 1 aromatic heterocycles. The van der Waals surface area contributed by atoms with Crippen molar-refractivity contribution in [2.24, 2.45) is 0 Å². The average Bonchev–Trinajstić information content (AvgIpc) is 2.72. The van der Waals surface area contributed by atoms with Gasteiger partial charge >= 0.3 is 0 Å². The molecule has 1 amide bonds. The molecule has 1 aromatic rings. The van der Waals surface area contributed by atoms with Crippen molar-refractivity contribution in [2.75, 3.05) is 37.4 Å². The SMILES string of the molecule is CCCN1C[C@H](Nc2ncc(C)c(N(C)C)n2)CC1=O. The second-order valence-corrected chi connectivity index (χ2v) is 5.48. The van der Waals surface area contributed by atoms with Gasteiger partial charge in [-0.05, 0) is 13.3 Å². The zero-order valence-electron chi connectivity index (χ0n) is 12.7. The van der Waals surface area contributed by atoms with Gasteiger partial charge in [0.05, 0.1) is 6.04 Å². The van der Waals surface area contributed by atoms with Gasteiger partial charge in [0.25, 0.3) is 0 Å². The Morgan fingerprint density at radius 3 is 2.90 bits per heavy atom. The molecule has 0 spiro atoms. The zero-order chi connectivity index (χ0) is 14.7. The van der Waals surface area contributed by atoms with Crippen molar-refractivity contribution in [1.29, 1.82) is 0 Å². The van der Waals surface area contributed by atoms with Crippen LogP contribution in [0, 0.1) is 6.92 Å². The molecule has 0 unspecified atom stereocenters. The van der Waals surface area contributed by atoms with Gasteiger partial charge < -0.3 is 15.1 Å². The van der Waals surface area contributed by atoms with E-state index < -0.39 is 0 Å². The van der Waals surface area contributed by atoms with Gasteiger partial charge in [-0.15, -0.1) is 0 Å². The number of hydrogen-bond acceptors (Lipinski definition) is 5. The maximum Gasteiger partial charge on any atom is 0.224 e. The molecule has 1 saturated heterocycles. The number of amides is 1. The second-order valence-electron chi connectivity index (χ2n) is 5.48. The molecule has 20 heavy (non-hydrogen) atoms. The third kappa shape index (κ3) is 3.18. The molecule has 0 radical (unpaired) electrons. The molecule has 0 aliphatic carbocycles. The molecule has 0 aromatic carbocycles. The number of rotatable bonds is 5. The van der Waals surface area contributed by atoms with Crippen LogP contribution in [0.15, 0.2) is 6.20 Å². The van der Waals surface area contributed by atoms with Crippen LogP contribution in [0.3, 0.4) is 0 Å². The van der Waals surface area contributed by atoms with E-state index in [0.29, 0.717) is 12.4 Å². The summed E-state index contributed by atoms with van der Waals surface area (Å²) in [5, 5.41) is 3.27. The molecule has 6 heteroatoms. The molecule has 0 bridgehead atoms. The quantitative estimate of drug-likeness (QED) is 0.878. The van der Waals surface area contributed by atoms with E-state index in [1.54, 1.807) is 0 Å². The van der Waals surface area contributed by atoms with Crippen LogP contribution < -0.4 is 10.2 Å². The molecule has 1 N–H and O–H groups in total. The third-order valence-electron chi connectivity index (χ3n) is 3.41. The van der Waals surface area contributed by atoms with E-state index in [1.165, 1.54) is 0 Å². The van der Waals surface area contributed by atoms with Gasteiger partial charge in [0, 0.05) is 45.4 Å². The molecule has 110 valence electrons. The van der Waals surface area contributed by atoms with Gasteiger partial charge in [0.15, 0.2) is 0 Å². The van der Waals surface area contributed by atoms with E-state index in [4.69, 9.17) is 0 Å². The van der Waals surface area contributed by atoms with Crippen molar-refractivity contribution >= 4 is 17.7 Å². The van der Waals surface area contributed by atoms with Crippen molar-refractivity contribution < 1.29 is 4.79 Å². The van der Waals surface area contributed by atoms with Crippen molar-refractivity contribution in [3.63, 3.8) is 0 Å². The van der Waals surface area contributed by atoms with Crippen LogP contribution in [0.2, 0.25) is 0 Å². The lowest BCUT2D eigenvalue weighted by Crippen LogP contribution is -2.29. The summed E-state index contributed by atoms with van der Waals surface area (Å²) < 4.78 is 0. The number of hydrogen-bond donors (Lipinski definition) is 1. The van der Waals surface area contributed by atoms with E-state index in [-0.39, 0.29) is 11.9 Å².